The fourth-order valence-electron chi connectivity index (χ4n) is 1.15. The molecule has 5 heteroatoms. The molecule has 1 aromatic heterocycles. The predicted molar refractivity (Wildman–Crippen MR) is 72.3 cm³/mol. The van der Waals surface area contributed by atoms with Gasteiger partial charge < -0.3 is 0 Å². The van der Waals surface area contributed by atoms with Gasteiger partial charge in [-0.25, -0.2) is 4.98 Å². The summed E-state index contributed by atoms with van der Waals surface area (Å²) in [6, 6.07) is 0. The van der Waals surface area contributed by atoms with Gasteiger partial charge in [0.05, 0.1) is 0 Å². The van der Waals surface area contributed by atoms with E-state index >= 15 is 0 Å². The third-order valence-corrected chi connectivity index (χ3v) is 4.39. The van der Waals surface area contributed by atoms with E-state index in [1.54, 1.807) is 0 Å². The second-order valence-corrected chi connectivity index (χ2v) is 6.13. The highest BCUT2D eigenvalue weighted by molar-refractivity contribution is 8.00. The SMILES string of the molecule is CCc1nsc(SCCC(C)CCS)n1. The zero-order valence-corrected chi connectivity index (χ0v) is 11.8. The summed E-state index contributed by atoms with van der Waals surface area (Å²) >= 11 is 7.60. The predicted octanol–water partition coefficient (Wildman–Crippen LogP) is 3.54. The molecule has 0 radical (unpaired) electrons. The van der Waals surface area contributed by atoms with Gasteiger partial charge in [-0.1, -0.05) is 25.6 Å². The largest absolute Gasteiger partial charge is 0.213 e. The smallest absolute Gasteiger partial charge is 0.170 e. The number of aromatic nitrogens is 2. The molecule has 0 aliphatic heterocycles. The Balaban J connectivity index is 2.19. The Kier molecular flexibility index (Phi) is 6.68. The van der Waals surface area contributed by atoms with Crippen LogP contribution in [0.1, 0.15) is 32.5 Å². The van der Waals surface area contributed by atoms with Crippen molar-refractivity contribution in [3.05, 3.63) is 5.82 Å². The molecule has 1 rings (SSSR count). The van der Waals surface area contributed by atoms with E-state index in [9.17, 15) is 0 Å². The maximum absolute atomic E-state index is 4.43. The van der Waals surface area contributed by atoms with Gasteiger partial charge in [0.25, 0.3) is 0 Å². The van der Waals surface area contributed by atoms with Gasteiger partial charge in [0, 0.05) is 12.2 Å². The minimum Gasteiger partial charge on any atom is -0.213 e. The van der Waals surface area contributed by atoms with E-state index in [4.69, 9.17) is 0 Å². The summed E-state index contributed by atoms with van der Waals surface area (Å²) in [5.41, 5.74) is 0. The first-order chi connectivity index (χ1) is 7.26. The van der Waals surface area contributed by atoms with Crippen LogP contribution in [0.5, 0.6) is 0 Å². The third-order valence-electron chi connectivity index (χ3n) is 2.22. The lowest BCUT2D eigenvalue weighted by Gasteiger charge is -2.07. The van der Waals surface area contributed by atoms with Crippen LogP contribution in [0, 0.1) is 5.92 Å². The van der Waals surface area contributed by atoms with Crippen LogP contribution in [-0.4, -0.2) is 20.9 Å². The number of hydrogen-bond donors (Lipinski definition) is 1. The second-order valence-electron chi connectivity index (χ2n) is 3.58. The Hall–Kier alpha value is 0.260. The van der Waals surface area contributed by atoms with E-state index in [1.165, 1.54) is 24.4 Å². The van der Waals surface area contributed by atoms with E-state index in [0.29, 0.717) is 0 Å². The normalized spacial score (nSPS) is 13.0. The van der Waals surface area contributed by atoms with E-state index in [0.717, 1.165) is 34.0 Å². The number of hydrogen-bond acceptors (Lipinski definition) is 5. The van der Waals surface area contributed by atoms with Crippen LogP contribution < -0.4 is 0 Å². The molecule has 0 amide bonds. The van der Waals surface area contributed by atoms with Crippen molar-refractivity contribution >= 4 is 35.9 Å². The monoisotopic (exact) mass is 262 g/mol. The van der Waals surface area contributed by atoms with Crippen LogP contribution in [0.15, 0.2) is 4.34 Å². The lowest BCUT2D eigenvalue weighted by Crippen LogP contribution is -1.97. The molecular weight excluding hydrogens is 244 g/mol. The maximum Gasteiger partial charge on any atom is 0.170 e. The van der Waals surface area contributed by atoms with Gasteiger partial charge in [-0.05, 0) is 36.0 Å². The molecule has 0 aliphatic carbocycles. The van der Waals surface area contributed by atoms with Crippen LogP contribution in [-0.2, 0) is 6.42 Å². The van der Waals surface area contributed by atoms with Gasteiger partial charge >= 0.3 is 0 Å². The summed E-state index contributed by atoms with van der Waals surface area (Å²) in [4.78, 5) is 4.43. The van der Waals surface area contributed by atoms with Gasteiger partial charge in [-0.2, -0.15) is 17.0 Å². The van der Waals surface area contributed by atoms with E-state index < -0.39 is 0 Å². The molecule has 0 aromatic carbocycles. The molecule has 0 bridgehead atoms. The summed E-state index contributed by atoms with van der Waals surface area (Å²) in [6.45, 7) is 4.37. The first-order valence-electron chi connectivity index (χ1n) is 5.32. The average molecular weight is 262 g/mol. The minimum atomic E-state index is 0.772. The Morgan fingerprint density at radius 1 is 1.47 bits per heavy atom. The zero-order chi connectivity index (χ0) is 11.1. The summed E-state index contributed by atoms with van der Waals surface area (Å²) in [6.07, 6.45) is 3.39. The van der Waals surface area contributed by atoms with Gasteiger partial charge in [-0.15, -0.1) is 0 Å². The van der Waals surface area contributed by atoms with Gasteiger partial charge in [0.15, 0.2) is 4.34 Å². The van der Waals surface area contributed by atoms with E-state index in [-0.39, 0.29) is 0 Å². The summed E-state index contributed by atoms with van der Waals surface area (Å²) in [7, 11) is 0. The summed E-state index contributed by atoms with van der Waals surface area (Å²) < 4.78 is 5.38. The van der Waals surface area contributed by atoms with Crippen molar-refractivity contribution in [3.8, 4) is 0 Å². The topological polar surface area (TPSA) is 25.8 Å². The molecule has 0 spiro atoms. The number of aryl methyl sites for hydroxylation is 1. The molecule has 0 fully saturated rings. The lowest BCUT2D eigenvalue weighted by molar-refractivity contribution is 0.554. The quantitative estimate of drug-likeness (QED) is 0.601. The standard InChI is InChI=1S/C10H18N2S3/c1-3-9-11-10(15-12-9)14-7-5-8(2)4-6-13/h8,13H,3-7H2,1-2H3. The summed E-state index contributed by atoms with van der Waals surface area (Å²) in [5.74, 6) is 3.89. The van der Waals surface area contributed by atoms with Crippen molar-refractivity contribution in [2.75, 3.05) is 11.5 Å². The van der Waals surface area contributed by atoms with Crippen LogP contribution in [0.3, 0.4) is 0 Å². The molecule has 1 aromatic rings. The molecular formula is C10H18N2S3. The van der Waals surface area contributed by atoms with Crippen molar-refractivity contribution < 1.29 is 0 Å². The van der Waals surface area contributed by atoms with Gasteiger partial charge in [0.2, 0.25) is 0 Å². The minimum absolute atomic E-state index is 0.772. The van der Waals surface area contributed by atoms with Gasteiger partial charge in [-0.3, -0.25) is 0 Å². The van der Waals surface area contributed by atoms with Crippen LogP contribution >= 0.6 is 35.9 Å². The Morgan fingerprint density at radius 2 is 2.27 bits per heavy atom. The molecule has 0 aliphatic rings. The number of thioether (sulfide) groups is 1. The first-order valence-corrected chi connectivity index (χ1v) is 7.71. The molecule has 1 heterocycles. The van der Waals surface area contributed by atoms with Crippen molar-refractivity contribution in [2.45, 2.75) is 37.4 Å². The van der Waals surface area contributed by atoms with Crippen LogP contribution in [0.4, 0.5) is 0 Å². The Morgan fingerprint density at radius 3 is 2.87 bits per heavy atom. The summed E-state index contributed by atoms with van der Waals surface area (Å²) in [5, 5.41) is 0. The molecule has 1 unspecified atom stereocenters. The first kappa shape index (κ1) is 13.3. The number of thiol groups is 1. The van der Waals surface area contributed by atoms with Gasteiger partial charge in [0.1, 0.15) is 5.82 Å². The Bertz CT molecular complexity index is 275. The molecule has 15 heavy (non-hydrogen) atoms. The Labute approximate surface area is 106 Å². The fourth-order valence-corrected chi connectivity index (χ4v) is 3.53. The fraction of sp³-hybridized carbons (Fsp3) is 0.800. The van der Waals surface area contributed by atoms with Crippen molar-refractivity contribution in [1.82, 2.24) is 9.36 Å². The highest BCUT2D eigenvalue weighted by Gasteiger charge is 2.05. The zero-order valence-electron chi connectivity index (χ0n) is 9.27. The molecule has 0 saturated carbocycles. The molecule has 2 nitrogen and oxygen atoms in total. The van der Waals surface area contributed by atoms with E-state index in [1.807, 2.05) is 11.8 Å². The molecule has 0 saturated heterocycles. The highest BCUT2D eigenvalue weighted by atomic mass is 32.2. The molecule has 0 N–H and O–H groups in total. The maximum atomic E-state index is 4.43. The number of nitrogens with zero attached hydrogens (tertiary/aromatic N) is 2. The lowest BCUT2D eigenvalue weighted by atomic mass is 10.1. The molecule has 1 atom stereocenters. The van der Waals surface area contributed by atoms with Crippen molar-refractivity contribution in [1.29, 1.82) is 0 Å². The third kappa shape index (κ3) is 5.22. The molecule has 86 valence electrons. The van der Waals surface area contributed by atoms with Crippen molar-refractivity contribution in [2.24, 2.45) is 5.92 Å². The highest BCUT2D eigenvalue weighted by Crippen LogP contribution is 2.23. The van der Waals surface area contributed by atoms with Crippen LogP contribution in [0.25, 0.3) is 0 Å². The number of rotatable bonds is 7. The van der Waals surface area contributed by atoms with Crippen molar-refractivity contribution in [3.63, 3.8) is 0 Å². The van der Waals surface area contributed by atoms with Crippen LogP contribution in [0.2, 0.25) is 0 Å². The average Bonchev–Trinajstić information content (AvgIpc) is 2.66. The second kappa shape index (κ2) is 7.52. The van der Waals surface area contributed by atoms with E-state index in [2.05, 4.69) is 35.8 Å².